The molecule has 2 aliphatic heterocycles. The number of ketones is 1. The van der Waals surface area contributed by atoms with E-state index >= 15 is 0 Å². The van der Waals surface area contributed by atoms with Crippen LogP contribution in [0.4, 0.5) is 15.8 Å². The number of rotatable bonds is 1. The largest absolute Gasteiger partial charge is 0.384 e. The number of hydrogen-bond acceptors (Lipinski definition) is 5. The number of benzene rings is 2. The van der Waals surface area contributed by atoms with Crippen LogP contribution in [0.15, 0.2) is 71.2 Å². The molecule has 7 heteroatoms. The summed E-state index contributed by atoms with van der Waals surface area (Å²) in [6, 6.07) is 15.2. The van der Waals surface area contributed by atoms with Crippen LogP contribution >= 0.6 is 0 Å². The molecule has 1 aliphatic carbocycles. The topological polar surface area (TPSA) is 99.2 Å². The van der Waals surface area contributed by atoms with Crippen molar-refractivity contribution in [2.45, 2.75) is 32.1 Å². The number of Topliss-reactive ketones (excluding diaryl/α,β-unsaturated/α-hetero) is 1. The predicted molar refractivity (Wildman–Crippen MR) is 118 cm³/mol. The van der Waals surface area contributed by atoms with Crippen LogP contribution in [-0.4, -0.2) is 11.7 Å². The number of carbonyl (C=O) groups excluding carboxylic acids is 2. The van der Waals surface area contributed by atoms with Gasteiger partial charge in [-0.1, -0.05) is 44.2 Å². The maximum Gasteiger partial charge on any atom is 0.245 e. The fourth-order valence-electron chi connectivity index (χ4n) is 5.28. The van der Waals surface area contributed by atoms with E-state index in [4.69, 9.17) is 5.73 Å². The molecule has 2 heterocycles. The number of hydrogen-bond donors (Lipinski definition) is 2. The molecule has 5 rings (SSSR count). The van der Waals surface area contributed by atoms with Crippen LogP contribution in [0.3, 0.4) is 0 Å². The summed E-state index contributed by atoms with van der Waals surface area (Å²) in [6.07, 6.45) is 0.589. The highest BCUT2D eigenvalue weighted by atomic mass is 19.1. The highest BCUT2D eigenvalue weighted by Crippen LogP contribution is 2.57. The van der Waals surface area contributed by atoms with Crippen molar-refractivity contribution < 1.29 is 14.0 Å². The Bertz CT molecular complexity index is 1320. The molecule has 0 fully saturated rings. The number of fused-ring (bicyclic) bond motifs is 3. The second kappa shape index (κ2) is 6.54. The minimum absolute atomic E-state index is 0.0475. The van der Waals surface area contributed by atoms with Crippen molar-refractivity contribution in [3.8, 4) is 6.07 Å². The van der Waals surface area contributed by atoms with Crippen molar-refractivity contribution in [2.75, 3.05) is 10.2 Å². The SMILES string of the molecule is CC1(C)CC(=O)C2=C(C1)N(c1ccccc1F)C(N)=C(C#N)[C@]21C(=O)Nc2ccccc21. The van der Waals surface area contributed by atoms with Crippen LogP contribution in [0.2, 0.25) is 0 Å². The standard InChI is InChI=1S/C25H21FN4O2/c1-24(2)11-19-21(20(31)12-24)25(14-7-3-5-9-17(14)29-23(25)32)15(13-27)22(28)30(19)18-10-6-4-8-16(18)26/h3-10H,11-12,28H2,1-2H3,(H,29,32)/t25-/m0/s1. The van der Waals surface area contributed by atoms with Gasteiger partial charge in [-0.3, -0.25) is 14.5 Å². The summed E-state index contributed by atoms with van der Waals surface area (Å²) >= 11 is 0. The second-order valence-electron chi connectivity index (χ2n) is 9.17. The third-order valence-electron chi connectivity index (χ3n) is 6.49. The number of amides is 1. The van der Waals surface area contributed by atoms with E-state index in [1.54, 1.807) is 42.5 Å². The van der Waals surface area contributed by atoms with Gasteiger partial charge >= 0.3 is 0 Å². The van der Waals surface area contributed by atoms with Crippen molar-refractivity contribution in [3.05, 3.63) is 82.6 Å². The normalized spacial score (nSPS) is 23.8. The molecule has 1 amide bonds. The zero-order valence-electron chi connectivity index (χ0n) is 17.7. The number of nitrogens with zero attached hydrogens (tertiary/aromatic N) is 2. The average molecular weight is 428 g/mol. The summed E-state index contributed by atoms with van der Waals surface area (Å²) in [5, 5.41) is 13.0. The van der Waals surface area contributed by atoms with Gasteiger partial charge in [0, 0.05) is 28.9 Å². The maximum absolute atomic E-state index is 14.9. The Hall–Kier alpha value is -3.92. The quantitative estimate of drug-likeness (QED) is 0.718. The maximum atomic E-state index is 14.9. The van der Waals surface area contributed by atoms with Crippen LogP contribution in [0.5, 0.6) is 0 Å². The molecule has 0 bridgehead atoms. The van der Waals surface area contributed by atoms with Crippen LogP contribution < -0.4 is 16.0 Å². The van der Waals surface area contributed by atoms with E-state index in [2.05, 4.69) is 11.4 Å². The molecule has 0 unspecified atom stereocenters. The summed E-state index contributed by atoms with van der Waals surface area (Å²) in [6.45, 7) is 3.90. The fraction of sp³-hybridized carbons (Fsp3) is 0.240. The lowest BCUT2D eigenvalue weighted by atomic mass is 9.61. The number of para-hydroxylation sites is 2. The molecule has 0 radical (unpaired) electrons. The first-order chi connectivity index (χ1) is 15.2. The van der Waals surface area contributed by atoms with Crippen molar-refractivity contribution in [1.82, 2.24) is 0 Å². The van der Waals surface area contributed by atoms with Crippen LogP contribution in [0.1, 0.15) is 32.3 Å². The number of nitrogens with two attached hydrogens (primary N) is 1. The molecule has 32 heavy (non-hydrogen) atoms. The Kier molecular flexibility index (Phi) is 4.09. The first-order valence-electron chi connectivity index (χ1n) is 10.3. The van der Waals surface area contributed by atoms with Gasteiger partial charge in [0.05, 0.1) is 11.3 Å². The van der Waals surface area contributed by atoms with E-state index in [-0.39, 0.29) is 34.9 Å². The first kappa shape index (κ1) is 20.0. The van der Waals surface area contributed by atoms with E-state index in [1.807, 2.05) is 13.8 Å². The van der Waals surface area contributed by atoms with Gasteiger partial charge < -0.3 is 11.1 Å². The van der Waals surface area contributed by atoms with Gasteiger partial charge in [-0.2, -0.15) is 5.26 Å². The molecular weight excluding hydrogens is 407 g/mol. The Morgan fingerprint density at radius 3 is 2.50 bits per heavy atom. The Balaban J connectivity index is 1.92. The van der Waals surface area contributed by atoms with Gasteiger partial charge in [0.2, 0.25) is 5.91 Å². The second-order valence-corrected chi connectivity index (χ2v) is 9.17. The molecule has 3 N–H and O–H groups in total. The number of carbonyl (C=O) groups is 2. The first-order valence-corrected chi connectivity index (χ1v) is 10.3. The van der Waals surface area contributed by atoms with E-state index in [1.165, 1.54) is 11.0 Å². The lowest BCUT2D eigenvalue weighted by Gasteiger charge is -2.46. The van der Waals surface area contributed by atoms with Crippen molar-refractivity contribution in [1.29, 1.82) is 5.26 Å². The molecule has 160 valence electrons. The molecule has 1 atom stereocenters. The minimum atomic E-state index is -1.65. The lowest BCUT2D eigenvalue weighted by Crippen LogP contribution is -2.52. The summed E-state index contributed by atoms with van der Waals surface area (Å²) in [5.41, 5.74) is 6.22. The van der Waals surface area contributed by atoms with Crippen molar-refractivity contribution >= 4 is 23.1 Å². The number of halogens is 1. The molecule has 6 nitrogen and oxygen atoms in total. The average Bonchev–Trinajstić information content (AvgIpc) is 3.01. The van der Waals surface area contributed by atoms with Crippen LogP contribution in [0.25, 0.3) is 0 Å². The number of nitriles is 1. The van der Waals surface area contributed by atoms with Gasteiger partial charge in [-0.05, 0) is 30.0 Å². The summed E-state index contributed by atoms with van der Waals surface area (Å²) in [4.78, 5) is 28.7. The third kappa shape index (κ3) is 2.43. The third-order valence-corrected chi connectivity index (χ3v) is 6.49. The monoisotopic (exact) mass is 428 g/mol. The summed E-state index contributed by atoms with van der Waals surface area (Å²) < 4.78 is 14.9. The van der Waals surface area contributed by atoms with Crippen LogP contribution in [-0.2, 0) is 15.0 Å². The Morgan fingerprint density at radius 1 is 1.09 bits per heavy atom. The molecule has 3 aliphatic rings. The van der Waals surface area contributed by atoms with Gasteiger partial charge in [0.1, 0.15) is 23.1 Å². The highest BCUT2D eigenvalue weighted by Gasteiger charge is 2.61. The number of allylic oxidation sites excluding steroid dienone is 1. The molecule has 2 aromatic carbocycles. The van der Waals surface area contributed by atoms with E-state index in [0.29, 0.717) is 23.4 Å². The minimum Gasteiger partial charge on any atom is -0.384 e. The molecule has 2 aromatic rings. The summed E-state index contributed by atoms with van der Waals surface area (Å²) in [5.74, 6) is -1.33. The van der Waals surface area contributed by atoms with E-state index < -0.39 is 22.6 Å². The van der Waals surface area contributed by atoms with E-state index in [9.17, 15) is 19.2 Å². The lowest BCUT2D eigenvalue weighted by molar-refractivity contribution is -0.123. The van der Waals surface area contributed by atoms with Crippen molar-refractivity contribution in [3.63, 3.8) is 0 Å². The summed E-state index contributed by atoms with van der Waals surface area (Å²) in [7, 11) is 0. The number of anilines is 2. The zero-order chi connectivity index (χ0) is 22.8. The molecule has 1 spiro atoms. The zero-order valence-corrected chi connectivity index (χ0v) is 17.7. The van der Waals surface area contributed by atoms with Gasteiger partial charge in [-0.25, -0.2) is 4.39 Å². The van der Waals surface area contributed by atoms with Crippen molar-refractivity contribution in [2.24, 2.45) is 11.1 Å². The Labute approximate surface area is 184 Å². The molecular formula is C25H21FN4O2. The van der Waals surface area contributed by atoms with Gasteiger partial charge in [0.25, 0.3) is 0 Å². The smallest absolute Gasteiger partial charge is 0.245 e. The van der Waals surface area contributed by atoms with E-state index in [0.717, 1.165) is 0 Å². The highest BCUT2D eigenvalue weighted by molar-refractivity contribution is 6.20. The predicted octanol–water partition coefficient (Wildman–Crippen LogP) is 3.87. The Morgan fingerprint density at radius 2 is 1.78 bits per heavy atom. The molecule has 0 aromatic heterocycles. The fourth-order valence-corrected chi connectivity index (χ4v) is 5.28. The number of nitrogens with one attached hydrogen (secondary N) is 1. The van der Waals surface area contributed by atoms with Gasteiger partial charge in [-0.15, -0.1) is 0 Å². The molecule has 0 saturated carbocycles. The van der Waals surface area contributed by atoms with Crippen LogP contribution in [0, 0.1) is 22.6 Å². The van der Waals surface area contributed by atoms with Gasteiger partial charge in [0.15, 0.2) is 5.78 Å². The molecule has 0 saturated heterocycles.